The summed E-state index contributed by atoms with van der Waals surface area (Å²) in [5, 5.41) is 12.8. The first-order valence-electron chi connectivity index (χ1n) is 6.72. The zero-order valence-electron chi connectivity index (χ0n) is 11.4. The van der Waals surface area contributed by atoms with E-state index < -0.39 is 0 Å². The second-order valence-corrected chi connectivity index (χ2v) is 6.33. The molecule has 0 bridgehead atoms. The Labute approximate surface area is 117 Å². The van der Waals surface area contributed by atoms with Crippen LogP contribution in [0.1, 0.15) is 40.2 Å². The first kappa shape index (κ1) is 14.3. The Morgan fingerprint density at radius 1 is 1.53 bits per heavy atom. The number of carbonyl (C=O) groups is 1. The first-order chi connectivity index (χ1) is 9.11. The zero-order valence-corrected chi connectivity index (χ0v) is 12.3. The van der Waals surface area contributed by atoms with Gasteiger partial charge in [-0.15, -0.1) is 11.3 Å². The van der Waals surface area contributed by atoms with E-state index >= 15 is 0 Å². The zero-order chi connectivity index (χ0) is 13.8. The SMILES string of the molecule is COc1cc(C)sc1C(=O)NC[C@@H]1CCCC[C@H]1O. The van der Waals surface area contributed by atoms with Crippen LogP contribution in [0.2, 0.25) is 0 Å². The van der Waals surface area contributed by atoms with Gasteiger partial charge >= 0.3 is 0 Å². The molecule has 1 amide bonds. The average molecular weight is 283 g/mol. The number of methoxy groups -OCH3 is 1. The van der Waals surface area contributed by atoms with Gasteiger partial charge in [-0.3, -0.25) is 4.79 Å². The number of ether oxygens (including phenoxy) is 1. The van der Waals surface area contributed by atoms with Crippen LogP contribution in [-0.2, 0) is 0 Å². The fourth-order valence-electron chi connectivity index (χ4n) is 2.53. The van der Waals surface area contributed by atoms with Gasteiger partial charge in [-0.25, -0.2) is 0 Å². The van der Waals surface area contributed by atoms with Crippen LogP contribution >= 0.6 is 11.3 Å². The highest BCUT2D eigenvalue weighted by atomic mass is 32.1. The lowest BCUT2D eigenvalue weighted by Crippen LogP contribution is -2.36. The van der Waals surface area contributed by atoms with Crippen LogP contribution in [0.25, 0.3) is 0 Å². The van der Waals surface area contributed by atoms with Crippen LogP contribution in [0.5, 0.6) is 5.75 Å². The molecule has 2 rings (SSSR count). The van der Waals surface area contributed by atoms with Gasteiger partial charge in [-0.05, 0) is 25.8 Å². The van der Waals surface area contributed by atoms with Crippen molar-refractivity contribution in [3.05, 3.63) is 15.8 Å². The van der Waals surface area contributed by atoms with Gasteiger partial charge in [0, 0.05) is 17.3 Å². The molecule has 4 nitrogen and oxygen atoms in total. The summed E-state index contributed by atoms with van der Waals surface area (Å²) in [4.78, 5) is 13.8. The maximum Gasteiger partial charge on any atom is 0.265 e. The molecule has 1 fully saturated rings. The molecule has 2 N–H and O–H groups in total. The van der Waals surface area contributed by atoms with E-state index in [1.165, 1.54) is 11.3 Å². The topological polar surface area (TPSA) is 58.6 Å². The largest absolute Gasteiger partial charge is 0.495 e. The van der Waals surface area contributed by atoms with Crippen molar-refractivity contribution in [2.45, 2.75) is 38.7 Å². The molecule has 0 radical (unpaired) electrons. The van der Waals surface area contributed by atoms with Crippen LogP contribution in [0.15, 0.2) is 6.07 Å². The number of rotatable bonds is 4. The smallest absolute Gasteiger partial charge is 0.265 e. The number of aliphatic hydroxyl groups excluding tert-OH is 1. The molecule has 0 saturated heterocycles. The van der Waals surface area contributed by atoms with Crippen molar-refractivity contribution >= 4 is 17.2 Å². The molecule has 0 spiro atoms. The lowest BCUT2D eigenvalue weighted by Gasteiger charge is -2.27. The van der Waals surface area contributed by atoms with E-state index in [0.29, 0.717) is 17.2 Å². The van der Waals surface area contributed by atoms with Gasteiger partial charge < -0.3 is 15.2 Å². The van der Waals surface area contributed by atoms with Gasteiger partial charge in [-0.1, -0.05) is 12.8 Å². The van der Waals surface area contributed by atoms with Crippen molar-refractivity contribution < 1.29 is 14.6 Å². The van der Waals surface area contributed by atoms with Crippen molar-refractivity contribution in [2.24, 2.45) is 5.92 Å². The summed E-state index contributed by atoms with van der Waals surface area (Å²) in [7, 11) is 1.57. The summed E-state index contributed by atoms with van der Waals surface area (Å²) < 4.78 is 5.20. The summed E-state index contributed by atoms with van der Waals surface area (Å²) in [6.45, 7) is 2.49. The molecule has 1 aromatic rings. The van der Waals surface area contributed by atoms with Gasteiger partial charge in [-0.2, -0.15) is 0 Å². The Morgan fingerprint density at radius 2 is 2.26 bits per heavy atom. The van der Waals surface area contributed by atoms with E-state index in [1.807, 2.05) is 13.0 Å². The average Bonchev–Trinajstić information content (AvgIpc) is 2.79. The van der Waals surface area contributed by atoms with Crippen LogP contribution in [-0.4, -0.2) is 30.8 Å². The lowest BCUT2D eigenvalue weighted by atomic mass is 9.86. The molecule has 0 unspecified atom stereocenters. The minimum Gasteiger partial charge on any atom is -0.495 e. The molecule has 106 valence electrons. The third kappa shape index (κ3) is 3.48. The number of hydrogen-bond donors (Lipinski definition) is 2. The minimum atomic E-state index is -0.277. The summed E-state index contributed by atoms with van der Waals surface area (Å²) >= 11 is 1.43. The maximum atomic E-state index is 12.1. The van der Waals surface area contributed by atoms with Crippen molar-refractivity contribution in [2.75, 3.05) is 13.7 Å². The summed E-state index contributed by atoms with van der Waals surface area (Å²) in [6, 6.07) is 1.87. The van der Waals surface area contributed by atoms with Gasteiger partial charge in [0.15, 0.2) is 0 Å². The molecule has 1 aromatic heterocycles. The number of amides is 1. The van der Waals surface area contributed by atoms with E-state index in [1.54, 1.807) is 7.11 Å². The highest BCUT2D eigenvalue weighted by Gasteiger charge is 2.24. The number of nitrogens with one attached hydrogen (secondary N) is 1. The number of aryl methyl sites for hydroxylation is 1. The maximum absolute atomic E-state index is 12.1. The lowest BCUT2D eigenvalue weighted by molar-refractivity contribution is 0.0663. The second kappa shape index (κ2) is 6.39. The van der Waals surface area contributed by atoms with Crippen LogP contribution in [0, 0.1) is 12.8 Å². The number of carbonyl (C=O) groups excluding carboxylic acids is 1. The molecule has 1 aliphatic rings. The Balaban J connectivity index is 1.93. The Bertz CT molecular complexity index is 444. The van der Waals surface area contributed by atoms with E-state index in [0.717, 1.165) is 30.6 Å². The Kier molecular flexibility index (Phi) is 4.82. The molecule has 0 aliphatic heterocycles. The van der Waals surface area contributed by atoms with Crippen LogP contribution in [0.3, 0.4) is 0 Å². The molecule has 5 heteroatoms. The van der Waals surface area contributed by atoms with E-state index in [4.69, 9.17) is 4.74 Å². The number of aliphatic hydroxyl groups is 1. The fourth-order valence-corrected chi connectivity index (χ4v) is 3.43. The predicted octanol–water partition coefficient (Wildman–Crippen LogP) is 2.35. The molecule has 0 aromatic carbocycles. The highest BCUT2D eigenvalue weighted by Crippen LogP contribution is 2.29. The normalized spacial score (nSPS) is 23.1. The molecular formula is C14H21NO3S. The van der Waals surface area contributed by atoms with Crippen molar-refractivity contribution in [1.82, 2.24) is 5.32 Å². The van der Waals surface area contributed by atoms with Gasteiger partial charge in [0.25, 0.3) is 5.91 Å². The van der Waals surface area contributed by atoms with Crippen molar-refractivity contribution in [3.8, 4) is 5.75 Å². The quantitative estimate of drug-likeness (QED) is 0.891. The summed E-state index contributed by atoms with van der Waals surface area (Å²) in [6.07, 6.45) is 3.79. The van der Waals surface area contributed by atoms with E-state index in [9.17, 15) is 9.90 Å². The third-order valence-electron chi connectivity index (χ3n) is 3.64. The Hall–Kier alpha value is -1.07. The van der Waals surface area contributed by atoms with E-state index in [2.05, 4.69) is 5.32 Å². The highest BCUT2D eigenvalue weighted by molar-refractivity contribution is 7.14. The fraction of sp³-hybridized carbons (Fsp3) is 0.643. The molecule has 19 heavy (non-hydrogen) atoms. The summed E-state index contributed by atoms with van der Waals surface area (Å²) in [5.41, 5.74) is 0. The Morgan fingerprint density at radius 3 is 2.95 bits per heavy atom. The van der Waals surface area contributed by atoms with Crippen LogP contribution in [0.4, 0.5) is 0 Å². The molecule has 2 atom stereocenters. The first-order valence-corrected chi connectivity index (χ1v) is 7.54. The molecule has 1 saturated carbocycles. The number of thiophene rings is 1. The molecule has 1 heterocycles. The second-order valence-electron chi connectivity index (χ2n) is 5.08. The molecular weight excluding hydrogens is 262 g/mol. The molecule has 1 aliphatic carbocycles. The third-order valence-corrected chi connectivity index (χ3v) is 4.67. The van der Waals surface area contributed by atoms with Crippen molar-refractivity contribution in [1.29, 1.82) is 0 Å². The van der Waals surface area contributed by atoms with Gasteiger partial charge in [0.2, 0.25) is 0 Å². The predicted molar refractivity (Wildman–Crippen MR) is 75.9 cm³/mol. The summed E-state index contributed by atoms with van der Waals surface area (Å²) in [5.74, 6) is 0.710. The van der Waals surface area contributed by atoms with Crippen LogP contribution < -0.4 is 10.1 Å². The van der Waals surface area contributed by atoms with Crippen molar-refractivity contribution in [3.63, 3.8) is 0 Å². The monoisotopic (exact) mass is 283 g/mol. The van der Waals surface area contributed by atoms with Gasteiger partial charge in [0.05, 0.1) is 13.2 Å². The number of hydrogen-bond acceptors (Lipinski definition) is 4. The minimum absolute atomic E-state index is 0.104. The van der Waals surface area contributed by atoms with Gasteiger partial charge in [0.1, 0.15) is 10.6 Å². The van der Waals surface area contributed by atoms with E-state index in [-0.39, 0.29) is 17.9 Å². The standard InChI is InChI=1S/C14H21NO3S/c1-9-7-12(18-2)13(19-9)14(17)15-8-10-5-3-4-6-11(10)16/h7,10-11,16H,3-6,8H2,1-2H3,(H,15,17)/t10-,11+/m0/s1.